The molecular formula is C75H74IrN3O-. The minimum atomic E-state index is 0. The quantitative estimate of drug-likeness (QED) is 0.118. The fraction of sp³-hybridized carbons (Fsp3) is 0.253. The van der Waals surface area contributed by atoms with Crippen molar-refractivity contribution in [3.63, 3.8) is 0 Å². The standard InChI is InChI=1S/C60H58N2O.C15H16N.Ir/c1-35(2)48-31-43(39-23-21-38(22-24-39)42-28-44(59(6,7)8)33-45(29-42)60(9,10)11)32-49(36(3)4)56(48)62-53-19-15-14-18-52(53)61-58(62)55-37(5)20-27-47-51-30-41-26-25-40-16-12-13-17-46(40)50(41)34-54(51)63-57(47)55;1-15(2,3)13-9-10-14(16-11-13)12-7-5-4-6-8-12;/h12-36H,1-11H3;4-7,9-11H,1-3H3;/q;-1;. The van der Waals surface area contributed by atoms with Gasteiger partial charge in [0, 0.05) is 37.1 Å². The van der Waals surface area contributed by atoms with Crippen molar-refractivity contribution in [1.29, 1.82) is 0 Å². The van der Waals surface area contributed by atoms with Crippen LogP contribution in [0.4, 0.5) is 0 Å². The van der Waals surface area contributed by atoms with Gasteiger partial charge in [0.2, 0.25) is 0 Å². The number of benzene rings is 9. The first-order chi connectivity index (χ1) is 37.6. The Morgan fingerprint density at radius 1 is 0.500 bits per heavy atom. The Balaban J connectivity index is 0.000000364. The summed E-state index contributed by atoms with van der Waals surface area (Å²) in [6.45, 7) is 31.9. The zero-order valence-corrected chi connectivity index (χ0v) is 51.5. The maximum Gasteiger partial charge on any atom is 0.149 e. The van der Waals surface area contributed by atoms with Crippen LogP contribution in [0.5, 0.6) is 0 Å². The fourth-order valence-corrected chi connectivity index (χ4v) is 11.2. The summed E-state index contributed by atoms with van der Waals surface area (Å²) in [6.07, 6.45) is 1.95. The second-order valence-electron chi connectivity index (χ2n) is 25.5. The van der Waals surface area contributed by atoms with Crippen molar-refractivity contribution in [2.75, 3.05) is 0 Å². The van der Waals surface area contributed by atoms with E-state index in [1.165, 1.54) is 77.3 Å². The molecule has 0 spiro atoms. The number of hydrogen-bond donors (Lipinski definition) is 0. The van der Waals surface area contributed by atoms with Gasteiger partial charge in [-0.2, -0.15) is 0 Å². The summed E-state index contributed by atoms with van der Waals surface area (Å²) >= 11 is 0. The summed E-state index contributed by atoms with van der Waals surface area (Å²) in [5, 5.41) is 7.10. The summed E-state index contributed by atoms with van der Waals surface area (Å²) < 4.78 is 9.47. The van der Waals surface area contributed by atoms with Crippen LogP contribution in [-0.2, 0) is 36.4 Å². The molecule has 12 rings (SSSR count). The molecule has 3 heterocycles. The van der Waals surface area contributed by atoms with Gasteiger partial charge in [-0.1, -0.05) is 205 Å². The van der Waals surface area contributed by atoms with Gasteiger partial charge in [0.25, 0.3) is 0 Å². The van der Waals surface area contributed by atoms with E-state index in [2.05, 4.69) is 264 Å². The van der Waals surface area contributed by atoms with Crippen molar-refractivity contribution in [2.24, 2.45) is 0 Å². The van der Waals surface area contributed by atoms with Gasteiger partial charge < -0.3 is 9.40 Å². The van der Waals surface area contributed by atoms with Gasteiger partial charge in [0.15, 0.2) is 0 Å². The molecule has 0 aliphatic rings. The van der Waals surface area contributed by atoms with E-state index in [1.807, 2.05) is 30.5 Å². The Hall–Kier alpha value is -7.43. The molecule has 3 aromatic heterocycles. The van der Waals surface area contributed by atoms with E-state index in [1.54, 1.807) is 0 Å². The van der Waals surface area contributed by atoms with E-state index in [0.29, 0.717) is 0 Å². The average Bonchev–Trinajstić information content (AvgIpc) is 4.09. The zero-order chi connectivity index (χ0) is 55.7. The number of fused-ring (bicyclic) bond motifs is 7. The minimum absolute atomic E-state index is 0. The first-order valence-electron chi connectivity index (χ1n) is 28.3. The molecule has 0 fully saturated rings. The third-order valence-electron chi connectivity index (χ3n) is 16.0. The Morgan fingerprint density at radius 3 is 1.70 bits per heavy atom. The SMILES string of the molecule is CC(C)(C)c1ccc(-c2[c-]cccc2)nc1.Cc1ccc2c(oc3cc4c(ccc5ccccc54)cc32)c1-c1nc2ccccc2n1-c1c(C(C)C)cc(-c2ccc(-c3cc(C(C)(C)C)cc(C(C)(C)C)c3)cc2)cc1C(C)C.[Ir]. The van der Waals surface area contributed by atoms with Gasteiger partial charge in [-0.15, -0.1) is 35.9 Å². The first-order valence-corrected chi connectivity index (χ1v) is 28.3. The monoisotopic (exact) mass is 1230 g/mol. The number of aromatic nitrogens is 3. The first kappa shape index (κ1) is 55.9. The molecule has 0 bridgehead atoms. The van der Waals surface area contributed by atoms with Gasteiger partial charge in [-0.05, 0) is 154 Å². The Kier molecular flexibility index (Phi) is 15.1. The zero-order valence-electron chi connectivity index (χ0n) is 49.1. The minimum Gasteiger partial charge on any atom is -0.455 e. The molecule has 4 nitrogen and oxygen atoms in total. The second-order valence-corrected chi connectivity index (χ2v) is 25.5. The summed E-state index contributed by atoms with van der Waals surface area (Å²) in [5.41, 5.74) is 21.0. The maximum absolute atomic E-state index is 7.03. The molecule has 0 saturated heterocycles. The fourth-order valence-electron chi connectivity index (χ4n) is 11.2. The number of para-hydroxylation sites is 2. The van der Waals surface area contributed by atoms with Crippen molar-refractivity contribution in [2.45, 2.75) is 125 Å². The Morgan fingerprint density at radius 2 is 1.10 bits per heavy atom. The van der Waals surface area contributed by atoms with Crippen LogP contribution in [0.2, 0.25) is 0 Å². The van der Waals surface area contributed by atoms with Crippen molar-refractivity contribution in [1.82, 2.24) is 14.5 Å². The van der Waals surface area contributed by atoms with Gasteiger partial charge >= 0.3 is 0 Å². The molecule has 5 heteroatoms. The Labute approximate surface area is 487 Å². The van der Waals surface area contributed by atoms with Crippen LogP contribution < -0.4 is 0 Å². The van der Waals surface area contributed by atoms with Gasteiger partial charge in [-0.25, -0.2) is 4.98 Å². The van der Waals surface area contributed by atoms with Crippen LogP contribution in [0.1, 0.15) is 135 Å². The van der Waals surface area contributed by atoms with Crippen LogP contribution in [-0.4, -0.2) is 14.5 Å². The van der Waals surface area contributed by atoms with Crippen LogP contribution in [0.15, 0.2) is 187 Å². The van der Waals surface area contributed by atoms with E-state index in [0.717, 1.165) is 61.2 Å². The van der Waals surface area contributed by atoms with E-state index >= 15 is 0 Å². The molecule has 0 atom stereocenters. The second kappa shape index (κ2) is 21.6. The van der Waals surface area contributed by atoms with E-state index < -0.39 is 0 Å². The van der Waals surface area contributed by atoms with Crippen molar-refractivity contribution in [3.8, 4) is 50.6 Å². The summed E-state index contributed by atoms with van der Waals surface area (Å²) in [6, 6.07) is 67.2. The summed E-state index contributed by atoms with van der Waals surface area (Å²) in [4.78, 5) is 9.99. The summed E-state index contributed by atoms with van der Waals surface area (Å²) in [5.74, 6) is 1.39. The molecule has 1 radical (unpaired) electrons. The average molecular weight is 1230 g/mol. The van der Waals surface area contributed by atoms with Crippen molar-refractivity contribution < 1.29 is 24.5 Å². The molecule has 0 aliphatic carbocycles. The normalized spacial score (nSPS) is 12.2. The van der Waals surface area contributed by atoms with Crippen molar-refractivity contribution in [3.05, 3.63) is 222 Å². The predicted molar refractivity (Wildman–Crippen MR) is 337 cm³/mol. The molecule has 0 N–H and O–H groups in total. The molecule has 0 saturated carbocycles. The molecule has 80 heavy (non-hydrogen) atoms. The third kappa shape index (κ3) is 10.7. The van der Waals surface area contributed by atoms with Gasteiger partial charge in [-0.3, -0.25) is 4.57 Å². The van der Waals surface area contributed by atoms with E-state index in [-0.39, 0.29) is 48.2 Å². The van der Waals surface area contributed by atoms with Gasteiger partial charge in [0.05, 0.1) is 22.3 Å². The molecule has 0 aliphatic heterocycles. The van der Waals surface area contributed by atoms with Crippen LogP contribution in [0, 0.1) is 13.0 Å². The molecule has 9 aromatic carbocycles. The predicted octanol–water partition coefficient (Wildman–Crippen LogP) is 21.2. The number of aryl methyl sites for hydroxylation is 1. The molecular weight excluding hydrogens is 1150 g/mol. The smallest absolute Gasteiger partial charge is 0.149 e. The van der Waals surface area contributed by atoms with Crippen molar-refractivity contribution >= 4 is 54.5 Å². The number of pyridine rings is 1. The molecule has 0 unspecified atom stereocenters. The number of hydrogen-bond acceptors (Lipinski definition) is 3. The molecule has 405 valence electrons. The maximum atomic E-state index is 7.03. The number of imidazole rings is 1. The van der Waals surface area contributed by atoms with Crippen LogP contribution >= 0.6 is 0 Å². The Bertz CT molecular complexity index is 4170. The topological polar surface area (TPSA) is 43.9 Å². The van der Waals surface area contributed by atoms with E-state index in [4.69, 9.17) is 9.40 Å². The van der Waals surface area contributed by atoms with E-state index in [9.17, 15) is 0 Å². The number of furan rings is 1. The third-order valence-corrected chi connectivity index (χ3v) is 16.0. The molecule has 0 amide bonds. The largest absolute Gasteiger partial charge is 0.455 e. The number of nitrogens with zero attached hydrogens (tertiary/aromatic N) is 3. The van der Waals surface area contributed by atoms with Crippen LogP contribution in [0.3, 0.4) is 0 Å². The van der Waals surface area contributed by atoms with Crippen LogP contribution in [0.25, 0.3) is 105 Å². The molecule has 12 aromatic rings. The summed E-state index contributed by atoms with van der Waals surface area (Å²) in [7, 11) is 0. The van der Waals surface area contributed by atoms with Gasteiger partial charge in [0.1, 0.15) is 17.0 Å². The number of rotatable bonds is 7.